The van der Waals surface area contributed by atoms with Crippen LogP contribution < -0.4 is 30.2 Å². The van der Waals surface area contributed by atoms with Crippen LogP contribution in [0.1, 0.15) is 5.56 Å². The van der Waals surface area contributed by atoms with Gasteiger partial charge in [0.1, 0.15) is 0 Å². The standard InChI is InChI=1S/C20H22N2O6/c1-25-15-6-5-12(9-16(15)26-2)7-8-22-19(23)13-10-17(27-3)18(28-4)11-14(13)21-20(22)24/h5-6,9-11H,7-8H2,1-4H3,(H,21,24). The predicted molar refractivity (Wildman–Crippen MR) is 105 cm³/mol. The molecule has 0 unspecified atom stereocenters. The Bertz CT molecular complexity index is 1120. The Morgan fingerprint density at radius 3 is 2.07 bits per heavy atom. The summed E-state index contributed by atoms with van der Waals surface area (Å²) in [6.07, 6.45) is 0.474. The average molecular weight is 386 g/mol. The summed E-state index contributed by atoms with van der Waals surface area (Å²) in [5, 5.41) is 0.351. The van der Waals surface area contributed by atoms with Crippen LogP contribution in [0.2, 0.25) is 0 Å². The minimum atomic E-state index is -0.481. The van der Waals surface area contributed by atoms with Crippen molar-refractivity contribution < 1.29 is 18.9 Å². The van der Waals surface area contributed by atoms with Crippen LogP contribution >= 0.6 is 0 Å². The molecule has 8 nitrogen and oxygen atoms in total. The number of H-pyrrole nitrogens is 1. The minimum absolute atomic E-state index is 0.216. The summed E-state index contributed by atoms with van der Waals surface area (Å²) in [7, 11) is 6.11. The zero-order chi connectivity index (χ0) is 20.3. The lowest BCUT2D eigenvalue weighted by molar-refractivity contribution is 0.354. The van der Waals surface area contributed by atoms with Crippen molar-refractivity contribution in [2.45, 2.75) is 13.0 Å². The fourth-order valence-electron chi connectivity index (χ4n) is 3.06. The maximum atomic E-state index is 12.9. The van der Waals surface area contributed by atoms with Gasteiger partial charge in [-0.3, -0.25) is 9.36 Å². The highest BCUT2D eigenvalue weighted by Gasteiger charge is 2.13. The maximum absolute atomic E-state index is 12.9. The van der Waals surface area contributed by atoms with Crippen molar-refractivity contribution in [3.8, 4) is 23.0 Å². The monoisotopic (exact) mass is 386 g/mol. The summed E-state index contributed by atoms with van der Waals surface area (Å²) in [6.45, 7) is 0.216. The van der Waals surface area contributed by atoms with Gasteiger partial charge in [-0.05, 0) is 30.2 Å². The Morgan fingerprint density at radius 2 is 1.43 bits per heavy atom. The molecule has 8 heteroatoms. The largest absolute Gasteiger partial charge is 0.493 e. The van der Waals surface area contributed by atoms with Gasteiger partial charge in [0.2, 0.25) is 0 Å². The van der Waals surface area contributed by atoms with Gasteiger partial charge >= 0.3 is 5.69 Å². The topological polar surface area (TPSA) is 91.8 Å². The van der Waals surface area contributed by atoms with Crippen LogP contribution in [-0.4, -0.2) is 38.0 Å². The maximum Gasteiger partial charge on any atom is 0.328 e. The molecule has 148 valence electrons. The van der Waals surface area contributed by atoms with Gasteiger partial charge in [0.15, 0.2) is 23.0 Å². The summed E-state index contributed by atoms with van der Waals surface area (Å²) >= 11 is 0. The first-order valence-electron chi connectivity index (χ1n) is 8.62. The molecule has 1 N–H and O–H groups in total. The van der Waals surface area contributed by atoms with Gasteiger partial charge in [0, 0.05) is 12.6 Å². The SMILES string of the molecule is COc1ccc(CCn2c(=O)[nH]c3cc(OC)c(OC)cc3c2=O)cc1OC. The first-order chi connectivity index (χ1) is 13.5. The van der Waals surface area contributed by atoms with E-state index >= 15 is 0 Å². The molecule has 0 saturated carbocycles. The van der Waals surface area contributed by atoms with Crippen molar-refractivity contribution in [3.05, 3.63) is 56.7 Å². The highest BCUT2D eigenvalue weighted by molar-refractivity contribution is 5.81. The summed E-state index contributed by atoms with van der Waals surface area (Å²) in [4.78, 5) is 28.0. The number of hydrogen-bond acceptors (Lipinski definition) is 6. The summed E-state index contributed by atoms with van der Waals surface area (Å²) < 4.78 is 22.2. The zero-order valence-electron chi connectivity index (χ0n) is 16.2. The Kier molecular flexibility index (Phi) is 5.58. The molecular weight excluding hydrogens is 364 g/mol. The third kappa shape index (κ3) is 3.53. The molecule has 28 heavy (non-hydrogen) atoms. The van der Waals surface area contributed by atoms with E-state index in [1.165, 1.54) is 18.8 Å². The fourth-order valence-corrected chi connectivity index (χ4v) is 3.06. The lowest BCUT2D eigenvalue weighted by Crippen LogP contribution is -2.35. The molecule has 3 rings (SSSR count). The van der Waals surface area contributed by atoms with Crippen LogP contribution in [0, 0.1) is 0 Å². The first kappa shape index (κ1) is 19.3. The van der Waals surface area contributed by atoms with Crippen LogP contribution in [0.15, 0.2) is 39.9 Å². The molecule has 0 fully saturated rings. The number of aryl methyl sites for hydroxylation is 1. The summed E-state index contributed by atoms with van der Waals surface area (Å²) in [6, 6.07) is 8.64. The number of ether oxygens (including phenoxy) is 4. The van der Waals surface area contributed by atoms with E-state index in [1.54, 1.807) is 32.4 Å². The molecule has 0 saturated heterocycles. The Hall–Kier alpha value is -3.42. The number of nitrogens with zero attached hydrogens (tertiary/aromatic N) is 1. The lowest BCUT2D eigenvalue weighted by atomic mass is 10.1. The van der Waals surface area contributed by atoms with Gasteiger partial charge in [-0.15, -0.1) is 0 Å². The Morgan fingerprint density at radius 1 is 0.821 bits per heavy atom. The van der Waals surface area contributed by atoms with E-state index in [-0.39, 0.29) is 12.1 Å². The van der Waals surface area contributed by atoms with Gasteiger partial charge in [-0.25, -0.2) is 4.79 Å². The van der Waals surface area contributed by atoms with E-state index in [2.05, 4.69) is 4.98 Å². The van der Waals surface area contributed by atoms with Crippen molar-refractivity contribution >= 4 is 10.9 Å². The predicted octanol–water partition coefficient (Wildman–Crippen LogP) is 1.97. The molecule has 0 amide bonds. The third-order valence-corrected chi connectivity index (χ3v) is 4.56. The highest BCUT2D eigenvalue weighted by Crippen LogP contribution is 2.30. The number of aromatic nitrogens is 2. The van der Waals surface area contributed by atoms with Crippen molar-refractivity contribution in [1.29, 1.82) is 0 Å². The molecule has 1 heterocycles. The van der Waals surface area contributed by atoms with Crippen LogP contribution in [0.25, 0.3) is 10.9 Å². The van der Waals surface area contributed by atoms with E-state index in [0.717, 1.165) is 5.56 Å². The Labute approximate surface area is 161 Å². The van der Waals surface area contributed by atoms with Crippen molar-refractivity contribution in [3.63, 3.8) is 0 Å². The molecular formula is C20H22N2O6. The smallest absolute Gasteiger partial charge is 0.328 e. The highest BCUT2D eigenvalue weighted by atomic mass is 16.5. The van der Waals surface area contributed by atoms with Crippen LogP contribution in [-0.2, 0) is 13.0 Å². The number of rotatable bonds is 7. The molecule has 0 atom stereocenters. The number of nitrogens with one attached hydrogen (secondary N) is 1. The number of methoxy groups -OCH3 is 4. The van der Waals surface area contributed by atoms with Crippen molar-refractivity contribution in [1.82, 2.24) is 9.55 Å². The van der Waals surface area contributed by atoms with Gasteiger partial charge in [-0.2, -0.15) is 0 Å². The molecule has 3 aromatic rings. The number of aromatic amines is 1. The molecule has 0 bridgehead atoms. The fraction of sp³-hybridized carbons (Fsp3) is 0.300. The van der Waals surface area contributed by atoms with Crippen molar-refractivity contribution in [2.75, 3.05) is 28.4 Å². The molecule has 0 aliphatic carbocycles. The third-order valence-electron chi connectivity index (χ3n) is 4.56. The van der Waals surface area contributed by atoms with Crippen LogP contribution in [0.3, 0.4) is 0 Å². The second-order valence-electron chi connectivity index (χ2n) is 6.08. The molecule has 0 spiro atoms. The van der Waals surface area contributed by atoms with E-state index in [4.69, 9.17) is 18.9 Å². The lowest BCUT2D eigenvalue weighted by Gasteiger charge is -2.12. The molecule has 2 aromatic carbocycles. The summed E-state index contributed by atoms with van der Waals surface area (Å²) in [5.74, 6) is 2.07. The van der Waals surface area contributed by atoms with E-state index in [0.29, 0.717) is 40.3 Å². The van der Waals surface area contributed by atoms with Gasteiger partial charge in [0.05, 0.1) is 39.3 Å². The molecule has 0 radical (unpaired) electrons. The zero-order valence-corrected chi connectivity index (χ0v) is 16.2. The number of hydrogen-bond donors (Lipinski definition) is 1. The molecule has 1 aromatic heterocycles. The first-order valence-corrected chi connectivity index (χ1v) is 8.62. The van der Waals surface area contributed by atoms with Gasteiger partial charge in [-0.1, -0.05) is 6.07 Å². The van der Waals surface area contributed by atoms with Gasteiger partial charge < -0.3 is 23.9 Å². The van der Waals surface area contributed by atoms with Crippen LogP contribution in [0.4, 0.5) is 0 Å². The van der Waals surface area contributed by atoms with Gasteiger partial charge in [0.25, 0.3) is 5.56 Å². The van der Waals surface area contributed by atoms with E-state index in [9.17, 15) is 9.59 Å². The normalized spacial score (nSPS) is 10.7. The minimum Gasteiger partial charge on any atom is -0.493 e. The second kappa shape index (κ2) is 8.08. The number of benzene rings is 2. The number of fused-ring (bicyclic) bond motifs is 1. The van der Waals surface area contributed by atoms with Crippen LogP contribution in [0.5, 0.6) is 23.0 Å². The molecule has 0 aliphatic heterocycles. The second-order valence-corrected chi connectivity index (χ2v) is 6.08. The van der Waals surface area contributed by atoms with E-state index in [1.807, 2.05) is 12.1 Å². The quantitative estimate of drug-likeness (QED) is 0.668. The molecule has 0 aliphatic rings. The van der Waals surface area contributed by atoms with Crippen molar-refractivity contribution in [2.24, 2.45) is 0 Å². The average Bonchev–Trinajstić information content (AvgIpc) is 2.72. The summed E-state index contributed by atoms with van der Waals surface area (Å²) in [5.41, 5.74) is 0.441. The Balaban J connectivity index is 1.97. The van der Waals surface area contributed by atoms with E-state index < -0.39 is 5.69 Å².